The van der Waals surface area contributed by atoms with Crippen LogP contribution in [0.2, 0.25) is 0 Å². The Morgan fingerprint density at radius 2 is 1.85 bits per heavy atom. The van der Waals surface area contributed by atoms with E-state index in [4.69, 9.17) is 0 Å². The van der Waals surface area contributed by atoms with Gasteiger partial charge in [0.25, 0.3) is 5.91 Å². The molecule has 1 N–H and O–H groups in total. The van der Waals surface area contributed by atoms with Gasteiger partial charge in [-0.05, 0) is 46.3 Å². The molecule has 1 heterocycles. The zero-order valence-corrected chi connectivity index (χ0v) is 11.5. The molecule has 0 aliphatic rings. The van der Waals surface area contributed by atoms with Crippen molar-refractivity contribution in [2.75, 3.05) is 5.32 Å². The summed E-state index contributed by atoms with van der Waals surface area (Å²) in [4.78, 5) is 15.8. The fourth-order valence-corrected chi connectivity index (χ4v) is 1.85. The number of pyridine rings is 1. The van der Waals surface area contributed by atoms with Crippen LogP contribution in [0.4, 0.5) is 19.0 Å². The number of halogens is 4. The Hall–Kier alpha value is -1.89. The van der Waals surface area contributed by atoms with Gasteiger partial charge in [0.05, 0.1) is 5.56 Å². The van der Waals surface area contributed by atoms with Gasteiger partial charge >= 0.3 is 6.18 Å². The fraction of sp³-hybridized carbons (Fsp3) is 0.0769. The lowest BCUT2D eigenvalue weighted by molar-refractivity contribution is -0.137. The van der Waals surface area contributed by atoms with E-state index >= 15 is 0 Å². The van der Waals surface area contributed by atoms with Crippen molar-refractivity contribution in [2.24, 2.45) is 0 Å². The van der Waals surface area contributed by atoms with Crippen molar-refractivity contribution in [3.63, 3.8) is 0 Å². The molecule has 104 valence electrons. The van der Waals surface area contributed by atoms with Gasteiger partial charge in [0.15, 0.2) is 0 Å². The maximum absolute atomic E-state index is 12.6. The predicted octanol–water partition coefficient (Wildman–Crippen LogP) is 4.12. The fourth-order valence-electron chi connectivity index (χ4n) is 1.50. The van der Waals surface area contributed by atoms with Crippen LogP contribution in [0.25, 0.3) is 0 Å². The molecule has 1 aromatic carbocycles. The van der Waals surface area contributed by atoms with Gasteiger partial charge in [0.1, 0.15) is 10.4 Å². The van der Waals surface area contributed by atoms with Crippen molar-refractivity contribution in [1.82, 2.24) is 4.98 Å². The summed E-state index contributed by atoms with van der Waals surface area (Å²) < 4.78 is 38.2. The van der Waals surface area contributed by atoms with Gasteiger partial charge in [-0.2, -0.15) is 13.2 Å². The molecule has 3 nitrogen and oxygen atoms in total. The summed E-state index contributed by atoms with van der Waals surface area (Å²) in [5, 5.41) is 2.43. The second-order valence-electron chi connectivity index (χ2n) is 3.88. The van der Waals surface area contributed by atoms with E-state index in [0.29, 0.717) is 4.60 Å². The number of rotatable bonds is 2. The second-order valence-corrected chi connectivity index (χ2v) is 4.69. The van der Waals surface area contributed by atoms with E-state index in [-0.39, 0.29) is 11.4 Å². The predicted molar refractivity (Wildman–Crippen MR) is 71.3 cm³/mol. The number of anilines is 1. The van der Waals surface area contributed by atoms with Crippen LogP contribution in [0.3, 0.4) is 0 Å². The Bertz CT molecular complexity index is 644. The molecule has 0 radical (unpaired) electrons. The number of hydrogen-bond acceptors (Lipinski definition) is 2. The highest BCUT2D eigenvalue weighted by molar-refractivity contribution is 9.10. The smallest absolute Gasteiger partial charge is 0.307 e. The van der Waals surface area contributed by atoms with E-state index in [1.54, 1.807) is 12.1 Å². The maximum atomic E-state index is 12.6. The van der Waals surface area contributed by atoms with Crippen molar-refractivity contribution in [1.29, 1.82) is 0 Å². The maximum Gasteiger partial charge on any atom is 0.416 e. The lowest BCUT2D eigenvalue weighted by Crippen LogP contribution is -2.14. The molecular weight excluding hydrogens is 337 g/mol. The van der Waals surface area contributed by atoms with Crippen LogP contribution in [-0.2, 0) is 6.18 Å². The summed E-state index contributed by atoms with van der Waals surface area (Å²) in [5.74, 6) is -0.400. The first kappa shape index (κ1) is 14.5. The number of carbonyl (C=O) groups excluding carboxylic acids is 1. The molecule has 2 aromatic rings. The molecule has 20 heavy (non-hydrogen) atoms. The third-order valence-corrected chi connectivity index (χ3v) is 2.85. The molecule has 0 atom stereocenters. The molecule has 0 aliphatic carbocycles. The lowest BCUT2D eigenvalue weighted by atomic mass is 10.1. The monoisotopic (exact) mass is 344 g/mol. The van der Waals surface area contributed by atoms with Gasteiger partial charge < -0.3 is 5.32 Å². The summed E-state index contributed by atoms with van der Waals surface area (Å²) in [6.45, 7) is 0. The second kappa shape index (κ2) is 5.62. The normalized spacial score (nSPS) is 11.2. The van der Waals surface area contributed by atoms with Crippen molar-refractivity contribution < 1.29 is 18.0 Å². The third kappa shape index (κ3) is 3.57. The molecule has 0 unspecified atom stereocenters. The Balaban J connectivity index is 2.22. The van der Waals surface area contributed by atoms with E-state index in [9.17, 15) is 18.0 Å². The number of hydrogen-bond donors (Lipinski definition) is 1. The Morgan fingerprint density at radius 3 is 2.50 bits per heavy atom. The number of aromatic nitrogens is 1. The van der Waals surface area contributed by atoms with Crippen LogP contribution >= 0.6 is 15.9 Å². The van der Waals surface area contributed by atoms with Gasteiger partial charge in [-0.15, -0.1) is 0 Å². The quantitative estimate of drug-likeness (QED) is 0.833. The molecule has 1 amide bonds. The Kier molecular flexibility index (Phi) is 4.08. The minimum atomic E-state index is -4.48. The molecule has 0 aliphatic heterocycles. The number of nitrogens with one attached hydrogen (secondary N) is 1. The summed E-state index contributed by atoms with van der Waals surface area (Å²) in [6.07, 6.45) is -4.48. The van der Waals surface area contributed by atoms with Gasteiger partial charge in [-0.1, -0.05) is 12.1 Å². The zero-order chi connectivity index (χ0) is 14.8. The molecule has 0 spiro atoms. The minimum Gasteiger partial charge on any atom is -0.307 e. The molecule has 1 aromatic heterocycles. The SMILES string of the molecule is O=C(Nc1cccc(Br)n1)c1cccc(C(F)(F)F)c1. The summed E-state index contributed by atoms with van der Waals surface area (Å²) in [5.41, 5.74) is -0.950. The van der Waals surface area contributed by atoms with Crippen LogP contribution in [0.15, 0.2) is 47.1 Å². The summed E-state index contributed by atoms with van der Waals surface area (Å²) >= 11 is 3.13. The molecule has 2 rings (SSSR count). The van der Waals surface area contributed by atoms with Gasteiger partial charge in [0.2, 0.25) is 0 Å². The highest BCUT2D eigenvalue weighted by Crippen LogP contribution is 2.29. The van der Waals surface area contributed by atoms with Crippen molar-refractivity contribution >= 4 is 27.7 Å². The molecule has 0 saturated heterocycles. The Morgan fingerprint density at radius 1 is 1.15 bits per heavy atom. The van der Waals surface area contributed by atoms with E-state index in [1.165, 1.54) is 18.2 Å². The molecule has 0 bridgehead atoms. The molecule has 0 saturated carbocycles. The average molecular weight is 345 g/mol. The zero-order valence-electron chi connectivity index (χ0n) is 9.91. The molecule has 0 fully saturated rings. The number of nitrogens with zero attached hydrogens (tertiary/aromatic N) is 1. The van der Waals surface area contributed by atoms with Crippen LogP contribution < -0.4 is 5.32 Å². The molecule has 7 heteroatoms. The number of benzene rings is 1. The highest BCUT2D eigenvalue weighted by atomic mass is 79.9. The minimum absolute atomic E-state index is 0.0819. The van der Waals surface area contributed by atoms with Gasteiger partial charge in [-0.3, -0.25) is 4.79 Å². The van der Waals surface area contributed by atoms with Crippen LogP contribution in [0.1, 0.15) is 15.9 Å². The van der Waals surface area contributed by atoms with Gasteiger partial charge in [-0.25, -0.2) is 4.98 Å². The topological polar surface area (TPSA) is 42.0 Å². The largest absolute Gasteiger partial charge is 0.416 e. The van der Waals surface area contributed by atoms with Gasteiger partial charge in [0, 0.05) is 5.56 Å². The third-order valence-electron chi connectivity index (χ3n) is 2.41. The number of amides is 1. The number of carbonyl (C=O) groups is 1. The van der Waals surface area contributed by atoms with E-state index < -0.39 is 17.6 Å². The van der Waals surface area contributed by atoms with E-state index in [2.05, 4.69) is 26.2 Å². The summed E-state index contributed by atoms with van der Waals surface area (Å²) in [7, 11) is 0. The van der Waals surface area contributed by atoms with Crippen LogP contribution in [0, 0.1) is 0 Å². The van der Waals surface area contributed by atoms with Crippen molar-refractivity contribution in [3.05, 3.63) is 58.2 Å². The number of alkyl halides is 3. The van der Waals surface area contributed by atoms with E-state index in [1.807, 2.05) is 0 Å². The first-order valence-electron chi connectivity index (χ1n) is 5.47. The van der Waals surface area contributed by atoms with Crippen LogP contribution in [0.5, 0.6) is 0 Å². The summed E-state index contributed by atoms with van der Waals surface area (Å²) in [6, 6.07) is 9.06. The van der Waals surface area contributed by atoms with Crippen LogP contribution in [-0.4, -0.2) is 10.9 Å². The molecular formula is C13H8BrF3N2O. The highest BCUT2D eigenvalue weighted by Gasteiger charge is 2.30. The van der Waals surface area contributed by atoms with Crippen molar-refractivity contribution in [3.8, 4) is 0 Å². The standard InChI is InChI=1S/C13H8BrF3N2O/c14-10-5-2-6-11(18-10)19-12(20)8-3-1-4-9(7-8)13(15,16)17/h1-7H,(H,18,19,20). The average Bonchev–Trinajstić information content (AvgIpc) is 2.38. The Labute approximate surface area is 121 Å². The first-order chi connectivity index (χ1) is 9.36. The first-order valence-corrected chi connectivity index (χ1v) is 6.27. The van der Waals surface area contributed by atoms with Crippen molar-refractivity contribution in [2.45, 2.75) is 6.18 Å². The van der Waals surface area contributed by atoms with E-state index in [0.717, 1.165) is 12.1 Å². The lowest BCUT2D eigenvalue weighted by Gasteiger charge is -2.09.